The number of nitrogens with zero attached hydrogens (tertiary/aromatic N) is 1. The molecule has 0 radical (unpaired) electrons. The third kappa shape index (κ3) is 1.74. The molecule has 4 rings (SSSR count). The first kappa shape index (κ1) is 11.3. The summed E-state index contributed by atoms with van der Waals surface area (Å²) in [5.41, 5.74) is 1.05. The van der Waals surface area contributed by atoms with Crippen molar-refractivity contribution in [2.24, 2.45) is 5.92 Å². The lowest BCUT2D eigenvalue weighted by Gasteiger charge is -2.20. The van der Waals surface area contributed by atoms with Gasteiger partial charge in [-0.2, -0.15) is 0 Å². The van der Waals surface area contributed by atoms with Gasteiger partial charge in [0.15, 0.2) is 0 Å². The van der Waals surface area contributed by atoms with E-state index in [9.17, 15) is 4.79 Å². The zero-order chi connectivity index (χ0) is 12.8. The van der Waals surface area contributed by atoms with Crippen molar-refractivity contribution in [1.29, 1.82) is 0 Å². The third-order valence-electron chi connectivity index (χ3n) is 4.67. The fourth-order valence-corrected chi connectivity index (χ4v) is 3.62. The van der Waals surface area contributed by atoms with Crippen molar-refractivity contribution in [3.05, 3.63) is 29.8 Å². The van der Waals surface area contributed by atoms with Crippen molar-refractivity contribution in [3.63, 3.8) is 0 Å². The lowest BCUT2D eigenvalue weighted by Crippen LogP contribution is -2.37. The Hall–Kier alpha value is -1.55. The number of carbonyl (C=O) groups excluding carboxylic acids is 1. The molecule has 1 amide bonds. The number of fused-ring (bicyclic) bond motifs is 2. The first-order valence-corrected chi connectivity index (χ1v) is 7.07. The van der Waals surface area contributed by atoms with Gasteiger partial charge in [0.05, 0.1) is 0 Å². The van der Waals surface area contributed by atoms with Crippen molar-refractivity contribution in [2.75, 3.05) is 26.2 Å². The second-order valence-corrected chi connectivity index (χ2v) is 5.75. The van der Waals surface area contributed by atoms with Crippen molar-refractivity contribution in [2.45, 2.75) is 18.4 Å². The molecular weight excluding hydrogens is 240 g/mol. The van der Waals surface area contributed by atoms with E-state index in [-0.39, 0.29) is 11.8 Å². The van der Waals surface area contributed by atoms with Crippen LogP contribution in [-0.4, -0.2) is 43.1 Å². The Labute approximate surface area is 112 Å². The maximum absolute atomic E-state index is 12.7. The van der Waals surface area contributed by atoms with E-state index in [2.05, 4.69) is 5.32 Å². The molecule has 19 heavy (non-hydrogen) atoms. The number of hydrogen-bond acceptors (Lipinski definition) is 3. The van der Waals surface area contributed by atoms with E-state index < -0.39 is 0 Å². The predicted octanol–water partition coefficient (Wildman–Crippen LogP) is 0.983. The van der Waals surface area contributed by atoms with E-state index in [0.29, 0.717) is 18.6 Å². The molecule has 1 aromatic rings. The van der Waals surface area contributed by atoms with E-state index in [0.717, 1.165) is 30.9 Å². The standard InChI is InChI=1S/C15H18N2O2/c18-15(17-7-10-5-6-16-13(10)8-17)12-9-19-14-4-2-1-3-11(12)14/h1-4,10,12-13,16H,5-9H2/t10-,12?,13+/m0/s1. The van der Waals surface area contributed by atoms with Gasteiger partial charge in [0.1, 0.15) is 18.3 Å². The van der Waals surface area contributed by atoms with Gasteiger partial charge in [-0.3, -0.25) is 4.79 Å². The minimum atomic E-state index is -0.102. The molecule has 1 unspecified atom stereocenters. The first-order valence-electron chi connectivity index (χ1n) is 7.07. The number of rotatable bonds is 1. The topological polar surface area (TPSA) is 41.6 Å². The molecule has 2 saturated heterocycles. The molecule has 4 nitrogen and oxygen atoms in total. The predicted molar refractivity (Wildman–Crippen MR) is 71.2 cm³/mol. The highest BCUT2D eigenvalue weighted by Crippen LogP contribution is 2.36. The highest BCUT2D eigenvalue weighted by atomic mass is 16.5. The van der Waals surface area contributed by atoms with E-state index >= 15 is 0 Å². The smallest absolute Gasteiger partial charge is 0.233 e. The van der Waals surface area contributed by atoms with Crippen LogP contribution in [0.3, 0.4) is 0 Å². The molecule has 0 aliphatic carbocycles. The maximum atomic E-state index is 12.7. The summed E-state index contributed by atoms with van der Waals surface area (Å²) in [5, 5.41) is 3.49. The summed E-state index contributed by atoms with van der Waals surface area (Å²) in [4.78, 5) is 14.7. The van der Waals surface area contributed by atoms with Gasteiger partial charge in [0, 0.05) is 24.7 Å². The zero-order valence-electron chi connectivity index (χ0n) is 10.8. The van der Waals surface area contributed by atoms with Crippen LogP contribution in [0.15, 0.2) is 24.3 Å². The Bertz CT molecular complexity index is 505. The Morgan fingerprint density at radius 2 is 2.21 bits per heavy atom. The van der Waals surface area contributed by atoms with E-state index in [4.69, 9.17) is 4.74 Å². The second-order valence-electron chi connectivity index (χ2n) is 5.75. The number of carbonyl (C=O) groups is 1. The van der Waals surface area contributed by atoms with Crippen LogP contribution in [0.4, 0.5) is 0 Å². The molecule has 1 aromatic carbocycles. The zero-order valence-corrected chi connectivity index (χ0v) is 10.8. The van der Waals surface area contributed by atoms with Gasteiger partial charge in [-0.25, -0.2) is 0 Å². The molecule has 3 atom stereocenters. The van der Waals surface area contributed by atoms with Gasteiger partial charge in [-0.05, 0) is 24.9 Å². The van der Waals surface area contributed by atoms with Crippen LogP contribution in [0.5, 0.6) is 5.75 Å². The SMILES string of the molecule is O=C(C1COc2ccccc21)N1C[C@@H]2CCN[C@@H]2C1. The summed E-state index contributed by atoms with van der Waals surface area (Å²) in [5.74, 6) is 1.66. The number of benzene rings is 1. The van der Waals surface area contributed by atoms with E-state index in [1.54, 1.807) is 0 Å². The summed E-state index contributed by atoms with van der Waals surface area (Å²) in [6.45, 7) is 3.38. The molecule has 3 aliphatic rings. The fourth-order valence-electron chi connectivity index (χ4n) is 3.62. The Balaban J connectivity index is 1.53. The summed E-state index contributed by atoms with van der Waals surface area (Å²) < 4.78 is 5.62. The number of hydrogen-bond donors (Lipinski definition) is 1. The third-order valence-corrected chi connectivity index (χ3v) is 4.67. The van der Waals surface area contributed by atoms with Crippen LogP contribution >= 0.6 is 0 Å². The van der Waals surface area contributed by atoms with Crippen molar-refractivity contribution < 1.29 is 9.53 Å². The average molecular weight is 258 g/mol. The summed E-state index contributed by atoms with van der Waals surface area (Å²) in [7, 11) is 0. The van der Waals surface area contributed by atoms with Gasteiger partial charge in [0.25, 0.3) is 0 Å². The lowest BCUT2D eigenvalue weighted by atomic mass is 10.00. The fraction of sp³-hybridized carbons (Fsp3) is 0.533. The molecule has 0 aromatic heterocycles. The highest BCUT2D eigenvalue weighted by Gasteiger charge is 2.41. The second kappa shape index (κ2) is 4.23. The highest BCUT2D eigenvalue weighted by molar-refractivity contribution is 5.86. The van der Waals surface area contributed by atoms with Gasteiger partial charge >= 0.3 is 0 Å². The normalized spacial score (nSPS) is 32.0. The number of likely N-dealkylation sites (tertiary alicyclic amines) is 1. The average Bonchev–Trinajstić information content (AvgIpc) is 3.11. The summed E-state index contributed by atoms with van der Waals surface area (Å²) in [6, 6.07) is 8.41. The van der Waals surface area contributed by atoms with Gasteiger partial charge in [0.2, 0.25) is 5.91 Å². The number of nitrogens with one attached hydrogen (secondary N) is 1. The molecule has 0 spiro atoms. The Morgan fingerprint density at radius 1 is 1.32 bits per heavy atom. The molecule has 100 valence electrons. The number of para-hydroxylation sites is 1. The summed E-state index contributed by atoms with van der Waals surface area (Å²) >= 11 is 0. The van der Waals surface area contributed by atoms with E-state index in [1.807, 2.05) is 29.2 Å². The molecule has 2 fully saturated rings. The van der Waals surface area contributed by atoms with Crippen molar-refractivity contribution in [1.82, 2.24) is 10.2 Å². The Kier molecular flexibility index (Phi) is 2.52. The molecule has 0 saturated carbocycles. The minimum absolute atomic E-state index is 0.102. The van der Waals surface area contributed by atoms with Crippen LogP contribution in [0.1, 0.15) is 17.9 Å². The van der Waals surface area contributed by atoms with Crippen LogP contribution in [0.2, 0.25) is 0 Å². The largest absolute Gasteiger partial charge is 0.492 e. The maximum Gasteiger partial charge on any atom is 0.233 e. The molecule has 1 N–H and O–H groups in total. The number of ether oxygens (including phenoxy) is 1. The van der Waals surface area contributed by atoms with Crippen molar-refractivity contribution >= 4 is 5.91 Å². The molecule has 0 bridgehead atoms. The van der Waals surface area contributed by atoms with Gasteiger partial charge in [-0.15, -0.1) is 0 Å². The van der Waals surface area contributed by atoms with Crippen LogP contribution in [0, 0.1) is 5.92 Å². The minimum Gasteiger partial charge on any atom is -0.492 e. The first-order chi connectivity index (χ1) is 9.33. The quantitative estimate of drug-likeness (QED) is 0.816. The van der Waals surface area contributed by atoms with Crippen LogP contribution in [0.25, 0.3) is 0 Å². The molecule has 3 aliphatic heterocycles. The van der Waals surface area contributed by atoms with Crippen LogP contribution < -0.4 is 10.1 Å². The monoisotopic (exact) mass is 258 g/mol. The van der Waals surface area contributed by atoms with Gasteiger partial charge in [-0.1, -0.05) is 18.2 Å². The molecule has 4 heteroatoms. The van der Waals surface area contributed by atoms with Crippen LogP contribution in [-0.2, 0) is 4.79 Å². The van der Waals surface area contributed by atoms with E-state index in [1.165, 1.54) is 6.42 Å². The number of amides is 1. The Morgan fingerprint density at radius 3 is 3.11 bits per heavy atom. The van der Waals surface area contributed by atoms with Crippen molar-refractivity contribution in [3.8, 4) is 5.75 Å². The van der Waals surface area contributed by atoms with Gasteiger partial charge < -0.3 is 15.0 Å². The lowest BCUT2D eigenvalue weighted by molar-refractivity contribution is -0.132. The summed E-state index contributed by atoms with van der Waals surface area (Å²) in [6.07, 6.45) is 1.20. The molecule has 3 heterocycles. The molecular formula is C15H18N2O2.